The Morgan fingerprint density at radius 1 is 0.844 bits per heavy atom. The number of anilines is 1. The molecule has 2 aliphatic rings. The van der Waals surface area contributed by atoms with Crippen molar-refractivity contribution in [2.24, 2.45) is 17.6 Å². The second-order valence-corrected chi connectivity index (χ2v) is 17.0. The number of alkyl halides is 6. The molecule has 2 saturated carbocycles. The smallest absolute Gasteiger partial charge is 0.411 e. The molecule has 3 amide bonds. The first-order chi connectivity index (χ1) is 30.2. The second kappa shape index (κ2) is 19.5. The first-order valence-electron chi connectivity index (χ1n) is 21.1. The van der Waals surface area contributed by atoms with E-state index in [1.807, 2.05) is 43.3 Å². The quantitative estimate of drug-likeness (QED) is 0.0647. The van der Waals surface area contributed by atoms with E-state index in [2.05, 4.69) is 45.1 Å². The first-order valence-corrected chi connectivity index (χ1v) is 21.1. The van der Waals surface area contributed by atoms with Gasteiger partial charge in [-0.05, 0) is 144 Å². The molecule has 0 spiro atoms. The monoisotopic (exact) mass is 898 g/mol. The normalized spacial score (nSPS) is 20.0. The van der Waals surface area contributed by atoms with E-state index in [0.717, 1.165) is 60.8 Å². The van der Waals surface area contributed by atoms with Crippen molar-refractivity contribution >= 4 is 29.4 Å². The molecule has 0 radical (unpaired) electrons. The highest BCUT2D eigenvalue weighted by Gasteiger charge is 2.77. The van der Waals surface area contributed by atoms with Gasteiger partial charge in [-0.2, -0.15) is 26.3 Å². The number of hydrogen-bond donors (Lipinski definition) is 6. The third kappa shape index (κ3) is 10.4. The molecule has 1 atom stereocenters. The van der Waals surface area contributed by atoms with Crippen molar-refractivity contribution in [2.75, 3.05) is 26.0 Å². The van der Waals surface area contributed by atoms with Crippen molar-refractivity contribution in [1.82, 2.24) is 30.7 Å². The molecule has 1 heterocycles. The van der Waals surface area contributed by atoms with Gasteiger partial charge in [0.25, 0.3) is 5.91 Å². The number of amides is 3. The van der Waals surface area contributed by atoms with Gasteiger partial charge in [0.2, 0.25) is 17.6 Å². The molecule has 2 fully saturated rings. The van der Waals surface area contributed by atoms with E-state index < -0.39 is 47.3 Å². The van der Waals surface area contributed by atoms with Gasteiger partial charge in [-0.25, -0.2) is 4.79 Å². The van der Waals surface area contributed by atoms with Crippen LogP contribution in [-0.4, -0.2) is 99.5 Å². The molecule has 0 saturated heterocycles. The lowest BCUT2D eigenvalue weighted by Crippen LogP contribution is -2.56. The third-order valence-corrected chi connectivity index (χ3v) is 12.4. The number of H-pyrrole nitrogens is 1. The predicted molar refractivity (Wildman–Crippen MR) is 226 cm³/mol. The summed E-state index contributed by atoms with van der Waals surface area (Å²) in [7, 11) is 4.15. The Labute approximate surface area is 366 Å². The van der Waals surface area contributed by atoms with Crippen LogP contribution in [-0.2, 0) is 26.7 Å². The highest BCUT2D eigenvalue weighted by Crippen LogP contribution is 2.50. The minimum absolute atomic E-state index is 0.0232. The number of carboxylic acid groups (broad SMARTS) is 1. The Morgan fingerprint density at radius 2 is 1.47 bits per heavy atom. The zero-order valence-corrected chi connectivity index (χ0v) is 35.6. The molecule has 3 aromatic carbocycles. The summed E-state index contributed by atoms with van der Waals surface area (Å²) in [6, 6.07) is 17.8. The van der Waals surface area contributed by atoms with Gasteiger partial charge in [-0.3, -0.25) is 14.4 Å². The van der Waals surface area contributed by atoms with Crippen LogP contribution in [0.2, 0.25) is 0 Å². The van der Waals surface area contributed by atoms with Gasteiger partial charge < -0.3 is 36.7 Å². The number of carbonyl (C=O) groups is 4. The van der Waals surface area contributed by atoms with E-state index in [9.17, 15) is 45.5 Å². The summed E-state index contributed by atoms with van der Waals surface area (Å²) in [5.41, 5.74) is 10.0. The molecule has 0 unspecified atom stereocenters. The molecular formula is C45H52F6N8O5. The summed E-state index contributed by atoms with van der Waals surface area (Å²) >= 11 is 0. The molecule has 19 heteroatoms. The number of aromatic nitrogens is 3. The van der Waals surface area contributed by atoms with Crippen LogP contribution in [0.5, 0.6) is 0 Å². The molecule has 6 rings (SSSR count). The van der Waals surface area contributed by atoms with Crippen LogP contribution >= 0.6 is 0 Å². The summed E-state index contributed by atoms with van der Waals surface area (Å²) in [5.74, 6) is -25.2. The maximum Gasteiger partial charge on any atom is 0.411 e. The Kier molecular flexibility index (Phi) is 14.5. The fourth-order valence-corrected chi connectivity index (χ4v) is 8.30. The van der Waals surface area contributed by atoms with Crippen LogP contribution in [0.4, 0.5) is 32.0 Å². The Balaban J connectivity index is 1.14. The van der Waals surface area contributed by atoms with Crippen molar-refractivity contribution in [3.63, 3.8) is 0 Å². The number of aryl methyl sites for hydroxylation is 1. The van der Waals surface area contributed by atoms with Gasteiger partial charge >= 0.3 is 23.7 Å². The van der Waals surface area contributed by atoms with Crippen molar-refractivity contribution in [3.05, 3.63) is 89.2 Å². The predicted octanol–water partition coefficient (Wildman–Crippen LogP) is 6.93. The van der Waals surface area contributed by atoms with E-state index >= 15 is 0 Å². The first kappa shape index (κ1) is 47.7. The number of aromatic amines is 1. The number of nitrogens with two attached hydrogens (primary N) is 1. The Morgan fingerprint density at radius 3 is 2.05 bits per heavy atom. The molecule has 7 N–H and O–H groups in total. The fourth-order valence-electron chi connectivity index (χ4n) is 8.30. The Hall–Kier alpha value is -5.82. The lowest BCUT2D eigenvalue weighted by molar-refractivity contribution is -0.311. The lowest BCUT2D eigenvalue weighted by Gasteiger charge is -2.33. The summed E-state index contributed by atoms with van der Waals surface area (Å²) in [6.45, 7) is 2.46. The summed E-state index contributed by atoms with van der Waals surface area (Å²) in [4.78, 5) is 55.2. The van der Waals surface area contributed by atoms with E-state index in [4.69, 9.17) is 10.8 Å². The van der Waals surface area contributed by atoms with E-state index in [1.165, 1.54) is 24.3 Å². The number of nitrogens with zero attached hydrogens (tertiary/aromatic N) is 3. The highest BCUT2D eigenvalue weighted by atomic mass is 19.3. The Bertz CT molecular complexity index is 2290. The van der Waals surface area contributed by atoms with Crippen LogP contribution in [0.1, 0.15) is 78.7 Å². The molecule has 1 aromatic heterocycles. The number of halogens is 6. The van der Waals surface area contributed by atoms with Gasteiger partial charge in [-0.15, -0.1) is 10.2 Å². The number of nitrogens with one attached hydrogen (secondary N) is 4. The summed E-state index contributed by atoms with van der Waals surface area (Å²) < 4.78 is 84.4. The number of benzene rings is 3. The van der Waals surface area contributed by atoms with Gasteiger partial charge in [0.15, 0.2) is 5.82 Å². The second-order valence-electron chi connectivity index (χ2n) is 17.0. The van der Waals surface area contributed by atoms with Crippen molar-refractivity contribution in [1.29, 1.82) is 0 Å². The van der Waals surface area contributed by atoms with E-state index in [1.54, 1.807) is 11.1 Å². The van der Waals surface area contributed by atoms with Crippen LogP contribution in [0, 0.1) is 18.8 Å². The van der Waals surface area contributed by atoms with Crippen molar-refractivity contribution in [3.8, 4) is 22.5 Å². The summed E-state index contributed by atoms with van der Waals surface area (Å²) in [5, 5.41) is 23.5. The fraction of sp³-hybridized carbons (Fsp3) is 0.467. The van der Waals surface area contributed by atoms with Crippen LogP contribution in [0.25, 0.3) is 22.5 Å². The molecule has 0 bridgehead atoms. The molecular weight excluding hydrogens is 847 g/mol. The standard InChI is InChI=1S/C45H52F6N8O5/c1-25-22-31(39(61)53-33-17-19-34(20-18-33)59(2)3)14-21-35(25)28-8-4-26(5-9-28)23-36(55-38(60)30-10-6-27(24-52)7-11-30)40(62)54-32-15-12-29(13-16-32)37-56-41(58-57-37)43(46,47)45(50,51)44(48,49)42(63)64/h4-5,8-9,12-16,21-22,27,30,33-34,36H,6-7,10-11,17-20,23-24,52H2,1-3H3,(H,53,61)(H,54,62)(H,55,60)(H,63,64)(H,56,57,58)/t27-,30-,33?,34?,36-/m0/s1. The van der Waals surface area contributed by atoms with E-state index in [-0.39, 0.29) is 41.4 Å². The molecule has 2 aliphatic carbocycles. The van der Waals surface area contributed by atoms with Gasteiger partial charge in [0, 0.05) is 41.2 Å². The number of carbonyl (C=O) groups excluding carboxylic acids is 3. The molecule has 13 nitrogen and oxygen atoms in total. The van der Waals surface area contributed by atoms with Crippen LogP contribution in [0.15, 0.2) is 66.7 Å². The highest BCUT2D eigenvalue weighted by molar-refractivity contribution is 5.98. The van der Waals surface area contributed by atoms with Crippen molar-refractivity contribution in [2.45, 2.75) is 101 Å². The van der Waals surface area contributed by atoms with Gasteiger partial charge in [0.1, 0.15) is 6.04 Å². The largest absolute Gasteiger partial charge is 0.477 e. The summed E-state index contributed by atoms with van der Waals surface area (Å²) in [6.07, 6.45) is 6.82. The van der Waals surface area contributed by atoms with Gasteiger partial charge in [-0.1, -0.05) is 30.3 Å². The average molecular weight is 899 g/mol. The average Bonchev–Trinajstić information content (AvgIpc) is 3.78. The number of rotatable bonds is 16. The molecule has 344 valence electrons. The van der Waals surface area contributed by atoms with Crippen LogP contribution in [0.3, 0.4) is 0 Å². The van der Waals surface area contributed by atoms with Gasteiger partial charge in [0.05, 0.1) is 0 Å². The minimum atomic E-state index is -6.37. The number of hydrogen-bond acceptors (Lipinski definition) is 8. The topological polar surface area (TPSA) is 195 Å². The number of carboxylic acids is 1. The number of aliphatic carboxylic acids is 1. The minimum Gasteiger partial charge on any atom is -0.477 e. The third-order valence-electron chi connectivity index (χ3n) is 12.4. The van der Waals surface area contributed by atoms with E-state index in [0.29, 0.717) is 36.9 Å². The molecule has 64 heavy (non-hydrogen) atoms. The zero-order valence-electron chi connectivity index (χ0n) is 35.6. The van der Waals surface area contributed by atoms with Crippen molar-refractivity contribution < 1.29 is 50.6 Å². The maximum atomic E-state index is 14.5. The van der Waals surface area contributed by atoms with Crippen LogP contribution < -0.4 is 21.7 Å². The molecule has 0 aliphatic heterocycles. The molecule has 4 aromatic rings. The zero-order chi connectivity index (χ0) is 46.6. The lowest BCUT2D eigenvalue weighted by atomic mass is 9.81. The SMILES string of the molecule is Cc1cc(C(=O)NC2CCC(N(C)C)CC2)ccc1-c1ccc(C[C@H](NC(=O)[C@H]2CC[C@H](CN)CC2)C(=O)Nc2ccc(-c3nnc(C(F)(F)C(F)(F)C(F)(F)C(=O)O)[nH]3)cc2)cc1. The maximum absolute atomic E-state index is 14.5.